The molecule has 1 heterocycles. The van der Waals surface area contributed by atoms with E-state index in [1.165, 1.54) is 0 Å². The molecule has 0 spiro atoms. The molecule has 0 unspecified atom stereocenters. The Balaban J connectivity index is 2.83. The van der Waals surface area contributed by atoms with Gasteiger partial charge in [0.2, 0.25) is 0 Å². The van der Waals surface area contributed by atoms with E-state index in [-0.39, 0.29) is 0 Å². The number of nitrogens with two attached hydrogens (primary N) is 1. The molecular weight excluding hydrogens is 174 g/mol. The Morgan fingerprint density at radius 1 is 1.50 bits per heavy atom. The van der Waals surface area contributed by atoms with E-state index in [1.54, 1.807) is 12.4 Å². The molecular formula is C11H19N3. The highest BCUT2D eigenvalue weighted by atomic mass is 15.1. The van der Waals surface area contributed by atoms with Crippen LogP contribution in [0.25, 0.3) is 0 Å². The average Bonchev–Trinajstić information content (AvgIpc) is 2.15. The second kappa shape index (κ2) is 4.84. The first-order valence-electron chi connectivity index (χ1n) is 5.09. The van der Waals surface area contributed by atoms with E-state index in [9.17, 15) is 0 Å². The number of nitrogen functional groups attached to an aromatic ring is 1. The minimum atomic E-state index is 0.641. The van der Waals surface area contributed by atoms with E-state index in [0.717, 1.165) is 24.5 Å². The molecule has 1 aromatic rings. The van der Waals surface area contributed by atoms with Crippen LogP contribution in [0, 0.1) is 5.92 Å². The summed E-state index contributed by atoms with van der Waals surface area (Å²) >= 11 is 0. The molecule has 0 bridgehead atoms. The predicted octanol–water partition coefficient (Wildman–Crippen LogP) is 2.15. The summed E-state index contributed by atoms with van der Waals surface area (Å²) in [7, 11) is 0. The van der Waals surface area contributed by atoms with Gasteiger partial charge in [0.25, 0.3) is 0 Å². The van der Waals surface area contributed by atoms with Gasteiger partial charge >= 0.3 is 0 Å². The Morgan fingerprint density at radius 3 is 2.71 bits per heavy atom. The molecule has 0 aliphatic carbocycles. The van der Waals surface area contributed by atoms with Crippen LogP contribution in [-0.4, -0.2) is 18.1 Å². The van der Waals surface area contributed by atoms with Crippen molar-refractivity contribution < 1.29 is 0 Å². The van der Waals surface area contributed by atoms with Crippen LogP contribution in [0.15, 0.2) is 18.5 Å². The summed E-state index contributed by atoms with van der Waals surface area (Å²) < 4.78 is 0. The molecule has 0 saturated heterocycles. The number of hydrogen-bond donors (Lipinski definition) is 1. The van der Waals surface area contributed by atoms with Crippen LogP contribution in [0.5, 0.6) is 0 Å². The van der Waals surface area contributed by atoms with Crippen LogP contribution in [0.1, 0.15) is 20.8 Å². The van der Waals surface area contributed by atoms with Gasteiger partial charge in [-0.2, -0.15) is 0 Å². The zero-order valence-corrected chi connectivity index (χ0v) is 9.20. The molecule has 3 nitrogen and oxygen atoms in total. The van der Waals surface area contributed by atoms with Gasteiger partial charge in [-0.3, -0.25) is 4.98 Å². The first-order chi connectivity index (χ1) is 6.65. The van der Waals surface area contributed by atoms with Gasteiger partial charge in [0.05, 0.1) is 17.6 Å². The fraction of sp³-hybridized carbons (Fsp3) is 0.545. The molecule has 78 valence electrons. The zero-order chi connectivity index (χ0) is 10.6. The van der Waals surface area contributed by atoms with Crippen LogP contribution >= 0.6 is 0 Å². The van der Waals surface area contributed by atoms with Gasteiger partial charge < -0.3 is 10.6 Å². The Bertz CT molecular complexity index is 284. The van der Waals surface area contributed by atoms with Crippen LogP contribution in [-0.2, 0) is 0 Å². The highest BCUT2D eigenvalue weighted by molar-refractivity contribution is 5.65. The number of anilines is 2. The number of hydrogen-bond acceptors (Lipinski definition) is 3. The van der Waals surface area contributed by atoms with Crippen molar-refractivity contribution in [2.24, 2.45) is 5.92 Å². The van der Waals surface area contributed by atoms with E-state index >= 15 is 0 Å². The third-order valence-electron chi connectivity index (χ3n) is 2.14. The number of nitrogens with zero attached hydrogens (tertiary/aromatic N) is 2. The molecule has 1 rings (SSSR count). The molecule has 0 radical (unpaired) electrons. The van der Waals surface area contributed by atoms with E-state index in [1.807, 2.05) is 6.07 Å². The van der Waals surface area contributed by atoms with Crippen molar-refractivity contribution in [3.05, 3.63) is 18.5 Å². The smallest absolute Gasteiger partial charge is 0.0738 e. The number of aromatic nitrogens is 1. The molecule has 0 atom stereocenters. The van der Waals surface area contributed by atoms with Crippen molar-refractivity contribution in [2.75, 3.05) is 23.7 Å². The van der Waals surface area contributed by atoms with Gasteiger partial charge in [-0.25, -0.2) is 0 Å². The van der Waals surface area contributed by atoms with Crippen LogP contribution in [0.2, 0.25) is 0 Å². The Morgan fingerprint density at radius 2 is 2.21 bits per heavy atom. The van der Waals surface area contributed by atoms with Crippen molar-refractivity contribution >= 4 is 11.4 Å². The van der Waals surface area contributed by atoms with Gasteiger partial charge in [0.1, 0.15) is 0 Å². The SMILES string of the molecule is CCN(CC(C)C)c1ccncc1N. The lowest BCUT2D eigenvalue weighted by Gasteiger charge is -2.26. The van der Waals surface area contributed by atoms with Crippen LogP contribution in [0.3, 0.4) is 0 Å². The summed E-state index contributed by atoms with van der Waals surface area (Å²) in [5, 5.41) is 0. The molecule has 0 amide bonds. The maximum absolute atomic E-state index is 5.87. The summed E-state index contributed by atoms with van der Waals surface area (Å²) in [6.45, 7) is 8.57. The highest BCUT2D eigenvalue weighted by Gasteiger charge is 2.08. The summed E-state index contributed by atoms with van der Waals surface area (Å²) in [4.78, 5) is 6.27. The standard InChI is InChI=1S/C11H19N3/c1-4-14(8-9(2)3)11-5-6-13-7-10(11)12/h5-7,9H,4,8,12H2,1-3H3. The summed E-state index contributed by atoms with van der Waals surface area (Å²) in [6.07, 6.45) is 3.49. The van der Waals surface area contributed by atoms with Crippen LogP contribution < -0.4 is 10.6 Å². The van der Waals surface area contributed by atoms with Crippen molar-refractivity contribution in [3.8, 4) is 0 Å². The molecule has 0 saturated carbocycles. The molecule has 14 heavy (non-hydrogen) atoms. The highest BCUT2D eigenvalue weighted by Crippen LogP contribution is 2.21. The van der Waals surface area contributed by atoms with Crippen LogP contribution in [0.4, 0.5) is 11.4 Å². The molecule has 3 heteroatoms. The molecule has 0 aliphatic heterocycles. The molecule has 0 aromatic carbocycles. The van der Waals surface area contributed by atoms with Crippen molar-refractivity contribution in [1.29, 1.82) is 0 Å². The molecule has 1 aromatic heterocycles. The summed E-state index contributed by atoms with van der Waals surface area (Å²) in [5.74, 6) is 0.641. The van der Waals surface area contributed by atoms with E-state index in [0.29, 0.717) is 5.92 Å². The van der Waals surface area contributed by atoms with Crippen molar-refractivity contribution in [3.63, 3.8) is 0 Å². The maximum Gasteiger partial charge on any atom is 0.0738 e. The summed E-state index contributed by atoms with van der Waals surface area (Å²) in [6, 6.07) is 1.97. The van der Waals surface area contributed by atoms with Gasteiger partial charge in [0, 0.05) is 19.3 Å². The third-order valence-corrected chi connectivity index (χ3v) is 2.14. The Labute approximate surface area is 85.9 Å². The second-order valence-electron chi connectivity index (χ2n) is 3.87. The van der Waals surface area contributed by atoms with Gasteiger partial charge in [-0.15, -0.1) is 0 Å². The normalized spacial score (nSPS) is 10.6. The largest absolute Gasteiger partial charge is 0.396 e. The lowest BCUT2D eigenvalue weighted by atomic mass is 10.2. The van der Waals surface area contributed by atoms with Crippen molar-refractivity contribution in [1.82, 2.24) is 4.98 Å². The fourth-order valence-electron chi connectivity index (χ4n) is 1.53. The van der Waals surface area contributed by atoms with Gasteiger partial charge in [0.15, 0.2) is 0 Å². The molecule has 0 aliphatic rings. The Kier molecular flexibility index (Phi) is 3.74. The lowest BCUT2D eigenvalue weighted by molar-refractivity contribution is 0.619. The lowest BCUT2D eigenvalue weighted by Crippen LogP contribution is -2.27. The summed E-state index contributed by atoms with van der Waals surface area (Å²) in [5.41, 5.74) is 7.72. The minimum absolute atomic E-state index is 0.641. The van der Waals surface area contributed by atoms with Gasteiger partial charge in [-0.05, 0) is 18.9 Å². The first-order valence-corrected chi connectivity index (χ1v) is 5.09. The van der Waals surface area contributed by atoms with Crippen molar-refractivity contribution in [2.45, 2.75) is 20.8 Å². The maximum atomic E-state index is 5.87. The van der Waals surface area contributed by atoms with Gasteiger partial charge in [-0.1, -0.05) is 13.8 Å². The molecule has 2 N–H and O–H groups in total. The monoisotopic (exact) mass is 193 g/mol. The fourth-order valence-corrected chi connectivity index (χ4v) is 1.53. The number of pyridine rings is 1. The van der Waals surface area contributed by atoms with E-state index in [4.69, 9.17) is 5.73 Å². The number of rotatable bonds is 4. The Hall–Kier alpha value is -1.25. The first kappa shape index (κ1) is 10.8. The predicted molar refractivity (Wildman–Crippen MR) is 61.4 cm³/mol. The molecule has 0 fully saturated rings. The minimum Gasteiger partial charge on any atom is -0.396 e. The topological polar surface area (TPSA) is 42.2 Å². The van der Waals surface area contributed by atoms with E-state index in [2.05, 4.69) is 30.7 Å². The average molecular weight is 193 g/mol. The second-order valence-corrected chi connectivity index (χ2v) is 3.87. The quantitative estimate of drug-likeness (QED) is 0.796. The zero-order valence-electron chi connectivity index (χ0n) is 9.20. The third kappa shape index (κ3) is 2.62. The van der Waals surface area contributed by atoms with E-state index < -0.39 is 0 Å².